The molecule has 1 aromatic rings. The zero-order valence-electron chi connectivity index (χ0n) is 12.7. The summed E-state index contributed by atoms with van der Waals surface area (Å²) in [6.07, 6.45) is 7.92. The number of aromatic nitrogens is 2. The van der Waals surface area contributed by atoms with Gasteiger partial charge in [0.25, 0.3) is 0 Å². The molecule has 3 unspecified atom stereocenters. The molecule has 108 valence electrons. The molecule has 1 heterocycles. The van der Waals surface area contributed by atoms with Gasteiger partial charge in [0, 0.05) is 12.7 Å². The lowest BCUT2D eigenvalue weighted by molar-refractivity contribution is 0.173. The summed E-state index contributed by atoms with van der Waals surface area (Å²) in [7, 11) is 2.06. The van der Waals surface area contributed by atoms with Gasteiger partial charge in [0.1, 0.15) is 0 Å². The number of hydrogen-bond acceptors (Lipinski definition) is 2. The van der Waals surface area contributed by atoms with Gasteiger partial charge in [-0.05, 0) is 56.6 Å². The molecular weight excluding hydrogens is 234 g/mol. The first-order valence-corrected chi connectivity index (χ1v) is 7.83. The Balaban J connectivity index is 2.03. The second-order valence-electron chi connectivity index (χ2n) is 6.33. The third-order valence-corrected chi connectivity index (χ3v) is 4.82. The first-order chi connectivity index (χ1) is 9.13. The molecule has 1 aliphatic rings. The van der Waals surface area contributed by atoms with Crippen molar-refractivity contribution in [2.45, 2.75) is 52.4 Å². The van der Waals surface area contributed by atoms with Crippen LogP contribution >= 0.6 is 0 Å². The van der Waals surface area contributed by atoms with Crippen molar-refractivity contribution in [2.75, 3.05) is 6.54 Å². The predicted octanol–water partition coefficient (Wildman–Crippen LogP) is 3.06. The highest BCUT2D eigenvalue weighted by molar-refractivity contribution is 5.10. The van der Waals surface area contributed by atoms with E-state index < -0.39 is 0 Å². The molecule has 0 aliphatic heterocycles. The number of hydrogen-bond donors (Lipinski definition) is 1. The van der Waals surface area contributed by atoms with Crippen molar-refractivity contribution < 1.29 is 0 Å². The van der Waals surface area contributed by atoms with Crippen molar-refractivity contribution in [1.82, 2.24) is 9.78 Å². The van der Waals surface area contributed by atoms with Crippen LogP contribution in [-0.2, 0) is 13.5 Å². The Morgan fingerprint density at radius 3 is 2.74 bits per heavy atom. The van der Waals surface area contributed by atoms with Crippen LogP contribution < -0.4 is 5.73 Å². The minimum absolute atomic E-state index is 0.711. The summed E-state index contributed by atoms with van der Waals surface area (Å²) in [4.78, 5) is 0. The van der Waals surface area contributed by atoms with Crippen molar-refractivity contribution in [3.05, 3.63) is 17.5 Å². The average molecular weight is 263 g/mol. The molecule has 1 saturated carbocycles. The normalized spacial score (nSPS) is 27.7. The molecule has 1 aliphatic carbocycles. The molecular formula is C16H29N3. The molecule has 0 radical (unpaired) electrons. The van der Waals surface area contributed by atoms with Gasteiger partial charge in [-0.15, -0.1) is 0 Å². The highest BCUT2D eigenvalue weighted by Gasteiger charge is 2.29. The van der Waals surface area contributed by atoms with Gasteiger partial charge >= 0.3 is 0 Å². The average Bonchev–Trinajstić information content (AvgIpc) is 2.69. The van der Waals surface area contributed by atoms with E-state index in [0.717, 1.165) is 30.5 Å². The van der Waals surface area contributed by atoms with Gasteiger partial charge in [0.2, 0.25) is 0 Å². The van der Waals surface area contributed by atoms with Crippen LogP contribution in [-0.4, -0.2) is 16.3 Å². The number of nitrogens with zero attached hydrogens (tertiary/aromatic N) is 2. The van der Waals surface area contributed by atoms with Crippen molar-refractivity contribution in [2.24, 2.45) is 30.5 Å². The fourth-order valence-electron chi connectivity index (χ4n) is 3.78. The first kappa shape index (κ1) is 14.6. The minimum Gasteiger partial charge on any atom is -0.330 e. The van der Waals surface area contributed by atoms with E-state index in [0.29, 0.717) is 5.92 Å². The summed E-state index contributed by atoms with van der Waals surface area (Å²) in [6, 6.07) is 2.23. The molecule has 3 nitrogen and oxygen atoms in total. The summed E-state index contributed by atoms with van der Waals surface area (Å²) in [6.45, 7) is 5.22. The van der Waals surface area contributed by atoms with Gasteiger partial charge in [0.15, 0.2) is 0 Å². The fraction of sp³-hybridized carbons (Fsp3) is 0.812. The maximum atomic E-state index is 5.99. The Bertz CT molecular complexity index is 397. The van der Waals surface area contributed by atoms with Crippen LogP contribution in [0.4, 0.5) is 0 Å². The summed E-state index contributed by atoms with van der Waals surface area (Å²) >= 11 is 0. The molecule has 1 aromatic heterocycles. The predicted molar refractivity (Wildman–Crippen MR) is 79.9 cm³/mol. The largest absolute Gasteiger partial charge is 0.330 e. The summed E-state index contributed by atoms with van der Waals surface area (Å²) in [5.41, 5.74) is 8.49. The monoisotopic (exact) mass is 263 g/mol. The van der Waals surface area contributed by atoms with Gasteiger partial charge in [0.05, 0.1) is 5.69 Å². The Morgan fingerprint density at radius 2 is 2.16 bits per heavy atom. The molecule has 0 spiro atoms. The molecule has 1 fully saturated rings. The van der Waals surface area contributed by atoms with Crippen LogP contribution in [0.15, 0.2) is 6.07 Å². The number of aryl methyl sites for hydroxylation is 2. The van der Waals surface area contributed by atoms with Gasteiger partial charge in [-0.3, -0.25) is 4.68 Å². The lowest BCUT2D eigenvalue weighted by Gasteiger charge is -2.35. The van der Waals surface area contributed by atoms with E-state index in [1.807, 2.05) is 4.68 Å². The van der Waals surface area contributed by atoms with Crippen molar-refractivity contribution in [3.8, 4) is 0 Å². The Kier molecular flexibility index (Phi) is 5.03. The fourth-order valence-corrected chi connectivity index (χ4v) is 3.78. The first-order valence-electron chi connectivity index (χ1n) is 7.83. The Morgan fingerprint density at radius 1 is 1.37 bits per heavy atom. The van der Waals surface area contributed by atoms with Gasteiger partial charge in [-0.1, -0.05) is 26.2 Å². The van der Waals surface area contributed by atoms with E-state index in [4.69, 9.17) is 5.73 Å². The van der Waals surface area contributed by atoms with Crippen LogP contribution in [0.1, 0.15) is 50.4 Å². The van der Waals surface area contributed by atoms with Crippen LogP contribution in [0.3, 0.4) is 0 Å². The van der Waals surface area contributed by atoms with Crippen molar-refractivity contribution in [1.29, 1.82) is 0 Å². The maximum Gasteiger partial charge on any atom is 0.0596 e. The molecule has 0 amide bonds. The van der Waals surface area contributed by atoms with E-state index in [9.17, 15) is 0 Å². The van der Waals surface area contributed by atoms with Crippen molar-refractivity contribution >= 4 is 0 Å². The Labute approximate surface area is 117 Å². The quantitative estimate of drug-likeness (QED) is 0.887. The molecule has 3 heteroatoms. The Hall–Kier alpha value is -0.830. The van der Waals surface area contributed by atoms with E-state index >= 15 is 0 Å². The van der Waals surface area contributed by atoms with E-state index in [-0.39, 0.29) is 0 Å². The lowest BCUT2D eigenvalue weighted by atomic mass is 9.71. The third kappa shape index (κ3) is 3.59. The molecule has 2 rings (SSSR count). The molecule has 0 bridgehead atoms. The van der Waals surface area contributed by atoms with Gasteiger partial charge < -0.3 is 5.73 Å². The standard InChI is InChI=1S/C16H29N3/c1-4-5-13-6-7-14(11-17)15(9-13)10-16-8-12(2)18-19(16)3/h8,13-15H,4-7,9-11,17H2,1-3H3. The SMILES string of the molecule is CCCC1CCC(CN)C(Cc2cc(C)nn2C)C1. The molecule has 0 aromatic carbocycles. The smallest absolute Gasteiger partial charge is 0.0596 e. The number of rotatable bonds is 5. The second kappa shape index (κ2) is 6.56. The molecule has 2 N–H and O–H groups in total. The maximum absolute atomic E-state index is 5.99. The van der Waals surface area contributed by atoms with E-state index in [1.54, 1.807) is 0 Å². The number of nitrogens with two attached hydrogens (primary N) is 1. The van der Waals surface area contributed by atoms with Gasteiger partial charge in [-0.2, -0.15) is 5.10 Å². The summed E-state index contributed by atoms with van der Waals surface area (Å²) in [5.74, 6) is 2.39. The van der Waals surface area contributed by atoms with Crippen molar-refractivity contribution in [3.63, 3.8) is 0 Å². The highest BCUT2D eigenvalue weighted by Crippen LogP contribution is 2.37. The molecule has 3 atom stereocenters. The van der Waals surface area contributed by atoms with Crippen LogP contribution in [0, 0.1) is 24.7 Å². The minimum atomic E-state index is 0.711. The van der Waals surface area contributed by atoms with Gasteiger partial charge in [-0.25, -0.2) is 0 Å². The van der Waals surface area contributed by atoms with Crippen LogP contribution in [0.5, 0.6) is 0 Å². The van der Waals surface area contributed by atoms with Crippen LogP contribution in [0.2, 0.25) is 0 Å². The third-order valence-electron chi connectivity index (χ3n) is 4.82. The zero-order valence-corrected chi connectivity index (χ0v) is 12.7. The molecule has 19 heavy (non-hydrogen) atoms. The topological polar surface area (TPSA) is 43.8 Å². The highest BCUT2D eigenvalue weighted by atomic mass is 15.3. The summed E-state index contributed by atoms with van der Waals surface area (Å²) < 4.78 is 2.05. The van der Waals surface area contributed by atoms with Crippen LogP contribution in [0.25, 0.3) is 0 Å². The summed E-state index contributed by atoms with van der Waals surface area (Å²) in [5, 5.41) is 4.47. The van der Waals surface area contributed by atoms with E-state index in [2.05, 4.69) is 32.1 Å². The zero-order chi connectivity index (χ0) is 13.8. The second-order valence-corrected chi connectivity index (χ2v) is 6.33. The van der Waals surface area contributed by atoms with E-state index in [1.165, 1.54) is 37.8 Å². The lowest BCUT2D eigenvalue weighted by Crippen LogP contribution is -2.32. The molecule has 0 saturated heterocycles.